The van der Waals surface area contributed by atoms with E-state index in [2.05, 4.69) is 5.32 Å². The lowest BCUT2D eigenvalue weighted by molar-refractivity contribution is 0.0695. The van der Waals surface area contributed by atoms with E-state index in [9.17, 15) is 19.1 Å². The molecule has 1 aromatic heterocycles. The molecule has 1 aliphatic carbocycles. The Bertz CT molecular complexity index is 1180. The van der Waals surface area contributed by atoms with Gasteiger partial charge in [0.25, 0.3) is 0 Å². The molecule has 0 saturated heterocycles. The summed E-state index contributed by atoms with van der Waals surface area (Å²) < 4.78 is 16.9. The Morgan fingerprint density at radius 2 is 2.00 bits per heavy atom. The molecule has 1 saturated carbocycles. The van der Waals surface area contributed by atoms with E-state index in [-0.39, 0.29) is 17.4 Å². The fraction of sp³-hybridized carbons (Fsp3) is 0.238. The zero-order valence-corrected chi connectivity index (χ0v) is 14.5. The minimum atomic E-state index is -1.22. The predicted octanol–water partition coefficient (Wildman–Crippen LogP) is 3.44. The van der Waals surface area contributed by atoms with E-state index in [1.54, 1.807) is 24.3 Å². The molecule has 1 aliphatic heterocycles. The number of benzene rings is 2. The number of halogens is 1. The van der Waals surface area contributed by atoms with Gasteiger partial charge in [-0.1, -0.05) is 18.2 Å². The van der Waals surface area contributed by atoms with Gasteiger partial charge in [-0.2, -0.15) is 0 Å². The quantitative estimate of drug-likeness (QED) is 0.747. The van der Waals surface area contributed by atoms with Crippen molar-refractivity contribution in [1.82, 2.24) is 9.88 Å². The number of aromatic carboxylic acids is 1. The van der Waals surface area contributed by atoms with Crippen LogP contribution in [0.2, 0.25) is 0 Å². The smallest absolute Gasteiger partial charge is 0.341 e. The van der Waals surface area contributed by atoms with Crippen molar-refractivity contribution in [1.29, 1.82) is 0 Å². The summed E-state index contributed by atoms with van der Waals surface area (Å²) >= 11 is 0. The number of carboxylic acids is 1. The van der Waals surface area contributed by atoms with E-state index >= 15 is 0 Å². The van der Waals surface area contributed by atoms with Gasteiger partial charge in [-0.15, -0.1) is 0 Å². The zero-order valence-electron chi connectivity index (χ0n) is 14.5. The van der Waals surface area contributed by atoms with Gasteiger partial charge in [-0.25, -0.2) is 9.18 Å². The Labute approximate surface area is 154 Å². The van der Waals surface area contributed by atoms with Gasteiger partial charge < -0.3 is 15.0 Å². The Hall–Kier alpha value is -2.99. The van der Waals surface area contributed by atoms with Gasteiger partial charge >= 0.3 is 5.97 Å². The molecule has 2 N–H and O–H groups in total. The molecule has 2 aromatic carbocycles. The van der Waals surface area contributed by atoms with E-state index < -0.39 is 11.4 Å². The summed E-state index contributed by atoms with van der Waals surface area (Å²) in [5, 5.41) is 12.8. The van der Waals surface area contributed by atoms with Crippen LogP contribution in [-0.2, 0) is 13.1 Å². The molecule has 3 aromatic rings. The minimum absolute atomic E-state index is 0.190. The van der Waals surface area contributed by atoms with Crippen LogP contribution >= 0.6 is 0 Å². The van der Waals surface area contributed by atoms with Crippen LogP contribution in [0, 0.1) is 5.82 Å². The van der Waals surface area contributed by atoms with E-state index in [0.717, 1.165) is 18.4 Å². The molecule has 0 amide bonds. The molecule has 2 heterocycles. The van der Waals surface area contributed by atoms with Crippen LogP contribution in [0.25, 0.3) is 22.0 Å². The number of rotatable bonds is 3. The monoisotopic (exact) mass is 364 g/mol. The molecule has 0 unspecified atom stereocenters. The molecule has 0 radical (unpaired) electrons. The summed E-state index contributed by atoms with van der Waals surface area (Å²) in [4.78, 5) is 24.0. The van der Waals surface area contributed by atoms with Crippen molar-refractivity contribution >= 4 is 16.9 Å². The van der Waals surface area contributed by atoms with Gasteiger partial charge in [0.2, 0.25) is 5.43 Å². The lowest BCUT2D eigenvalue weighted by Crippen LogP contribution is -2.18. The first-order valence-electron chi connectivity index (χ1n) is 8.98. The number of nitrogens with one attached hydrogen (secondary N) is 1. The van der Waals surface area contributed by atoms with Crippen molar-refractivity contribution in [2.75, 3.05) is 0 Å². The molecule has 5 rings (SSSR count). The van der Waals surface area contributed by atoms with Crippen LogP contribution in [0.3, 0.4) is 0 Å². The maximum Gasteiger partial charge on any atom is 0.341 e. The highest BCUT2D eigenvalue weighted by atomic mass is 19.1. The molecular weight excluding hydrogens is 347 g/mol. The fourth-order valence-corrected chi connectivity index (χ4v) is 3.89. The lowest BCUT2D eigenvalue weighted by Gasteiger charge is -2.14. The second-order valence-corrected chi connectivity index (χ2v) is 7.22. The highest BCUT2D eigenvalue weighted by molar-refractivity contribution is 5.94. The van der Waals surface area contributed by atoms with Gasteiger partial charge in [0.1, 0.15) is 11.4 Å². The van der Waals surface area contributed by atoms with Crippen molar-refractivity contribution in [2.45, 2.75) is 32.0 Å². The summed E-state index contributed by atoms with van der Waals surface area (Å²) in [6.07, 6.45) is 3.32. The van der Waals surface area contributed by atoms with Crippen LogP contribution in [0.1, 0.15) is 40.4 Å². The van der Waals surface area contributed by atoms with Crippen LogP contribution in [0.15, 0.2) is 41.3 Å². The van der Waals surface area contributed by atoms with Crippen molar-refractivity contribution in [3.8, 4) is 11.1 Å². The topological polar surface area (TPSA) is 71.3 Å². The van der Waals surface area contributed by atoms with Crippen molar-refractivity contribution in [2.24, 2.45) is 0 Å². The summed E-state index contributed by atoms with van der Waals surface area (Å²) in [6, 6.07) is 9.00. The highest BCUT2D eigenvalue weighted by Gasteiger charge is 2.27. The van der Waals surface area contributed by atoms with Crippen molar-refractivity contribution < 1.29 is 14.3 Å². The SMILES string of the molecule is O=C(O)c1cn(C2CC2)c2cc(-c3ccc4c(c3F)CNC4)ccc2c1=O. The number of carbonyl (C=O) groups is 1. The molecule has 27 heavy (non-hydrogen) atoms. The third kappa shape index (κ3) is 2.48. The van der Waals surface area contributed by atoms with E-state index in [4.69, 9.17) is 0 Å². The van der Waals surface area contributed by atoms with Crippen molar-refractivity contribution in [3.63, 3.8) is 0 Å². The largest absolute Gasteiger partial charge is 0.477 e. The Morgan fingerprint density at radius 1 is 1.19 bits per heavy atom. The molecule has 2 aliphatic rings. The number of hydrogen-bond acceptors (Lipinski definition) is 3. The third-order valence-electron chi connectivity index (χ3n) is 5.47. The number of aromatic nitrogens is 1. The Morgan fingerprint density at radius 3 is 2.74 bits per heavy atom. The molecule has 0 bridgehead atoms. The first kappa shape index (κ1) is 16.2. The summed E-state index contributed by atoms with van der Waals surface area (Å²) in [7, 11) is 0. The number of fused-ring (bicyclic) bond motifs is 2. The van der Waals surface area contributed by atoms with Gasteiger partial charge in [0.15, 0.2) is 0 Å². The molecule has 0 spiro atoms. The molecule has 136 valence electrons. The lowest BCUT2D eigenvalue weighted by atomic mass is 9.98. The zero-order chi connectivity index (χ0) is 18.7. The van der Waals surface area contributed by atoms with E-state index in [0.29, 0.717) is 40.7 Å². The Kier molecular flexibility index (Phi) is 3.45. The Balaban J connectivity index is 1.75. The molecule has 0 atom stereocenters. The highest BCUT2D eigenvalue weighted by Crippen LogP contribution is 2.38. The van der Waals surface area contributed by atoms with Gasteiger partial charge in [0, 0.05) is 41.8 Å². The summed E-state index contributed by atoms with van der Waals surface area (Å²) in [5.41, 5.74) is 2.77. The summed E-state index contributed by atoms with van der Waals surface area (Å²) in [6.45, 7) is 1.18. The van der Waals surface area contributed by atoms with Gasteiger partial charge in [0.05, 0.1) is 5.52 Å². The fourth-order valence-electron chi connectivity index (χ4n) is 3.89. The number of carboxylic acid groups (broad SMARTS) is 1. The normalized spacial score (nSPS) is 15.9. The van der Waals surface area contributed by atoms with Crippen LogP contribution in [-0.4, -0.2) is 15.6 Å². The van der Waals surface area contributed by atoms with Crippen LogP contribution in [0.4, 0.5) is 4.39 Å². The van der Waals surface area contributed by atoms with Crippen molar-refractivity contribution in [3.05, 3.63) is 69.3 Å². The first-order chi connectivity index (χ1) is 13.0. The number of hydrogen-bond donors (Lipinski definition) is 2. The second kappa shape index (κ2) is 5.76. The first-order valence-corrected chi connectivity index (χ1v) is 8.98. The average molecular weight is 364 g/mol. The van der Waals surface area contributed by atoms with Gasteiger partial charge in [-0.3, -0.25) is 4.79 Å². The molecule has 6 heteroatoms. The average Bonchev–Trinajstić information content (AvgIpc) is 3.38. The number of pyridine rings is 1. The maximum atomic E-state index is 15.0. The number of nitrogens with zero attached hydrogens (tertiary/aromatic N) is 1. The molecule has 5 nitrogen and oxygen atoms in total. The van der Waals surface area contributed by atoms with E-state index in [1.807, 2.05) is 10.6 Å². The minimum Gasteiger partial charge on any atom is -0.477 e. The third-order valence-corrected chi connectivity index (χ3v) is 5.47. The van der Waals surface area contributed by atoms with Crippen LogP contribution in [0.5, 0.6) is 0 Å². The maximum absolute atomic E-state index is 15.0. The standard InChI is InChI=1S/C21H17FN2O3/c22-19-14(5-2-12-8-23-9-16(12)19)11-1-6-15-18(7-11)24(13-3-4-13)10-17(20(15)25)21(26)27/h1-2,5-7,10,13,23H,3-4,8-9H2,(H,26,27). The molecule has 1 fully saturated rings. The van der Waals surface area contributed by atoms with Gasteiger partial charge in [-0.05, 0) is 36.1 Å². The molecular formula is C21H17FN2O3. The van der Waals surface area contributed by atoms with E-state index in [1.165, 1.54) is 6.20 Å². The summed E-state index contributed by atoms with van der Waals surface area (Å²) in [5.74, 6) is -1.46. The second-order valence-electron chi connectivity index (χ2n) is 7.22. The predicted molar refractivity (Wildman–Crippen MR) is 99.4 cm³/mol. The van der Waals surface area contributed by atoms with Crippen LogP contribution < -0.4 is 10.7 Å².